The molecule has 0 aliphatic carbocycles. The molecule has 0 atom stereocenters. The topological polar surface area (TPSA) is 72.8 Å². The van der Waals surface area contributed by atoms with Gasteiger partial charge in [-0.3, -0.25) is 9.59 Å². The van der Waals surface area contributed by atoms with Crippen LogP contribution in [-0.2, 0) is 19.1 Å². The van der Waals surface area contributed by atoms with Gasteiger partial charge in [-0.05, 0) is 33.1 Å². The molecule has 0 aliphatic heterocycles. The second-order valence-corrected chi connectivity index (χ2v) is 4.76. The van der Waals surface area contributed by atoms with Gasteiger partial charge in [0, 0.05) is 6.61 Å². The van der Waals surface area contributed by atoms with E-state index in [0.717, 1.165) is 25.7 Å². The van der Waals surface area contributed by atoms with Crippen molar-refractivity contribution < 1.29 is 24.2 Å². The monoisotopic (exact) mass is 288 g/mol. The summed E-state index contributed by atoms with van der Waals surface area (Å²) in [5.74, 6) is -0.966. The molecular formula is C15H28O5. The highest BCUT2D eigenvalue weighted by atomic mass is 16.6. The van der Waals surface area contributed by atoms with Crippen LogP contribution in [0.25, 0.3) is 0 Å². The zero-order chi connectivity index (χ0) is 15.4. The van der Waals surface area contributed by atoms with E-state index in [1.54, 1.807) is 13.8 Å². The van der Waals surface area contributed by atoms with Crippen molar-refractivity contribution in [3.8, 4) is 0 Å². The van der Waals surface area contributed by atoms with Crippen molar-refractivity contribution in [2.75, 3.05) is 19.8 Å². The van der Waals surface area contributed by atoms with Gasteiger partial charge in [0.1, 0.15) is 0 Å². The van der Waals surface area contributed by atoms with E-state index >= 15 is 0 Å². The number of carbonyl (C=O) groups is 2. The lowest BCUT2D eigenvalue weighted by atomic mass is 9.80. The van der Waals surface area contributed by atoms with Crippen molar-refractivity contribution in [3.05, 3.63) is 0 Å². The van der Waals surface area contributed by atoms with Gasteiger partial charge in [-0.1, -0.05) is 26.2 Å². The normalized spacial score (nSPS) is 11.2. The van der Waals surface area contributed by atoms with E-state index in [-0.39, 0.29) is 19.8 Å². The molecule has 0 heterocycles. The van der Waals surface area contributed by atoms with Crippen LogP contribution in [0.1, 0.15) is 59.3 Å². The van der Waals surface area contributed by atoms with Crippen LogP contribution in [-0.4, -0.2) is 36.9 Å². The first-order chi connectivity index (χ1) is 9.58. The lowest BCUT2D eigenvalue weighted by Crippen LogP contribution is -2.41. The molecule has 0 saturated heterocycles. The third kappa shape index (κ3) is 5.49. The largest absolute Gasteiger partial charge is 0.465 e. The standard InChI is InChI=1S/C15H28O5/c1-4-15(13(17)19-5-2,14(18)20-6-3)11-9-7-8-10-12-16/h16H,4-12H2,1-3H3. The molecule has 0 bridgehead atoms. The molecule has 0 aromatic heterocycles. The first kappa shape index (κ1) is 18.9. The minimum absolute atomic E-state index is 0.175. The summed E-state index contributed by atoms with van der Waals surface area (Å²) < 4.78 is 10.1. The summed E-state index contributed by atoms with van der Waals surface area (Å²) >= 11 is 0. The number of aliphatic hydroxyl groups excluding tert-OH is 1. The SMILES string of the molecule is CCOC(=O)C(CC)(CCCCCCO)C(=O)OCC. The average molecular weight is 288 g/mol. The molecule has 0 unspecified atom stereocenters. The van der Waals surface area contributed by atoms with E-state index < -0.39 is 17.4 Å². The fourth-order valence-electron chi connectivity index (χ4n) is 2.18. The maximum atomic E-state index is 12.2. The molecule has 0 spiro atoms. The molecule has 0 rings (SSSR count). The van der Waals surface area contributed by atoms with Crippen molar-refractivity contribution in [3.63, 3.8) is 0 Å². The fourth-order valence-corrected chi connectivity index (χ4v) is 2.18. The van der Waals surface area contributed by atoms with Crippen LogP contribution in [0.15, 0.2) is 0 Å². The van der Waals surface area contributed by atoms with Crippen LogP contribution in [0.2, 0.25) is 0 Å². The summed E-state index contributed by atoms with van der Waals surface area (Å²) in [5, 5.41) is 8.74. The van der Waals surface area contributed by atoms with Crippen molar-refractivity contribution in [1.82, 2.24) is 0 Å². The van der Waals surface area contributed by atoms with E-state index in [9.17, 15) is 9.59 Å². The minimum Gasteiger partial charge on any atom is -0.465 e. The third-order valence-electron chi connectivity index (χ3n) is 3.45. The molecule has 0 aliphatic rings. The van der Waals surface area contributed by atoms with Crippen molar-refractivity contribution >= 4 is 11.9 Å². The van der Waals surface area contributed by atoms with E-state index in [1.165, 1.54) is 0 Å². The molecule has 20 heavy (non-hydrogen) atoms. The Morgan fingerprint density at radius 2 is 1.40 bits per heavy atom. The van der Waals surface area contributed by atoms with Crippen LogP contribution in [0.4, 0.5) is 0 Å². The van der Waals surface area contributed by atoms with Gasteiger partial charge < -0.3 is 14.6 Å². The molecule has 118 valence electrons. The Morgan fingerprint density at radius 3 is 1.80 bits per heavy atom. The van der Waals surface area contributed by atoms with Gasteiger partial charge >= 0.3 is 11.9 Å². The van der Waals surface area contributed by atoms with Gasteiger partial charge in [0.05, 0.1) is 13.2 Å². The number of hydrogen-bond acceptors (Lipinski definition) is 5. The molecule has 5 nitrogen and oxygen atoms in total. The van der Waals surface area contributed by atoms with Gasteiger partial charge in [0.25, 0.3) is 0 Å². The summed E-state index contributed by atoms with van der Waals surface area (Å²) in [6.45, 7) is 5.95. The Kier molecular flexibility index (Phi) is 10.1. The predicted octanol–water partition coefficient (Wildman–Crippen LogP) is 2.45. The maximum absolute atomic E-state index is 12.2. The van der Waals surface area contributed by atoms with Gasteiger partial charge in [-0.25, -0.2) is 0 Å². The number of hydrogen-bond donors (Lipinski definition) is 1. The Balaban J connectivity index is 4.74. The number of ether oxygens (including phenoxy) is 2. The van der Waals surface area contributed by atoms with Crippen molar-refractivity contribution in [2.24, 2.45) is 5.41 Å². The highest BCUT2D eigenvalue weighted by Gasteiger charge is 2.46. The second-order valence-electron chi connectivity index (χ2n) is 4.76. The quantitative estimate of drug-likeness (QED) is 0.359. The first-order valence-electron chi connectivity index (χ1n) is 7.54. The molecule has 0 fully saturated rings. The highest BCUT2D eigenvalue weighted by Crippen LogP contribution is 2.32. The third-order valence-corrected chi connectivity index (χ3v) is 3.45. The van der Waals surface area contributed by atoms with Crippen molar-refractivity contribution in [1.29, 1.82) is 0 Å². The Labute approximate surface area is 121 Å². The summed E-state index contributed by atoms with van der Waals surface area (Å²) in [5.41, 5.74) is -1.18. The van der Waals surface area contributed by atoms with Crippen LogP contribution >= 0.6 is 0 Å². The number of rotatable bonds is 11. The van der Waals surface area contributed by atoms with E-state index in [4.69, 9.17) is 14.6 Å². The minimum atomic E-state index is -1.18. The van der Waals surface area contributed by atoms with E-state index in [2.05, 4.69) is 0 Å². The summed E-state index contributed by atoms with van der Waals surface area (Å²) in [7, 11) is 0. The lowest BCUT2D eigenvalue weighted by molar-refractivity contribution is -0.173. The van der Waals surface area contributed by atoms with E-state index in [0.29, 0.717) is 12.8 Å². The van der Waals surface area contributed by atoms with E-state index in [1.807, 2.05) is 6.92 Å². The fraction of sp³-hybridized carbons (Fsp3) is 0.867. The van der Waals surface area contributed by atoms with Crippen LogP contribution in [0, 0.1) is 5.41 Å². The van der Waals surface area contributed by atoms with Crippen LogP contribution in [0.5, 0.6) is 0 Å². The molecule has 1 N–H and O–H groups in total. The summed E-state index contributed by atoms with van der Waals surface area (Å²) in [6.07, 6.45) is 4.07. The summed E-state index contributed by atoms with van der Waals surface area (Å²) in [4.78, 5) is 24.3. The van der Waals surface area contributed by atoms with Gasteiger partial charge in [-0.15, -0.1) is 0 Å². The Bertz CT molecular complexity index is 270. The summed E-state index contributed by atoms with van der Waals surface area (Å²) in [6, 6.07) is 0. The highest BCUT2D eigenvalue weighted by molar-refractivity contribution is 6.00. The average Bonchev–Trinajstić information content (AvgIpc) is 2.43. The first-order valence-corrected chi connectivity index (χ1v) is 7.54. The predicted molar refractivity (Wildman–Crippen MR) is 76.2 cm³/mol. The molecule has 5 heteroatoms. The van der Waals surface area contributed by atoms with Crippen molar-refractivity contribution in [2.45, 2.75) is 59.3 Å². The van der Waals surface area contributed by atoms with Crippen LogP contribution < -0.4 is 0 Å². The maximum Gasteiger partial charge on any atom is 0.323 e. The number of carbonyl (C=O) groups excluding carboxylic acids is 2. The Hall–Kier alpha value is -1.10. The molecular weight excluding hydrogens is 260 g/mol. The molecule has 0 amide bonds. The molecule has 0 aromatic carbocycles. The smallest absolute Gasteiger partial charge is 0.323 e. The lowest BCUT2D eigenvalue weighted by Gasteiger charge is -2.27. The number of esters is 2. The molecule has 0 radical (unpaired) electrons. The van der Waals surface area contributed by atoms with Gasteiger partial charge in [0.2, 0.25) is 0 Å². The number of aliphatic hydroxyl groups is 1. The van der Waals surface area contributed by atoms with Gasteiger partial charge in [-0.2, -0.15) is 0 Å². The second kappa shape index (κ2) is 10.7. The zero-order valence-electron chi connectivity index (χ0n) is 12.9. The van der Waals surface area contributed by atoms with Gasteiger partial charge in [0.15, 0.2) is 5.41 Å². The molecule has 0 saturated carbocycles. The Morgan fingerprint density at radius 1 is 0.900 bits per heavy atom. The van der Waals surface area contributed by atoms with Crippen LogP contribution in [0.3, 0.4) is 0 Å². The zero-order valence-corrected chi connectivity index (χ0v) is 12.9. The number of unbranched alkanes of at least 4 members (excludes halogenated alkanes) is 3. The molecule has 0 aromatic rings.